The molecule has 14 heavy (non-hydrogen) atoms. The van der Waals surface area contributed by atoms with Crippen LogP contribution in [-0.4, -0.2) is 21.1 Å². The summed E-state index contributed by atoms with van der Waals surface area (Å²) >= 11 is 0. The van der Waals surface area contributed by atoms with Gasteiger partial charge in [-0.25, -0.2) is 0 Å². The van der Waals surface area contributed by atoms with E-state index in [1.807, 2.05) is 0 Å². The third kappa shape index (κ3) is 4.70. The van der Waals surface area contributed by atoms with E-state index in [0.717, 1.165) is 6.92 Å². The first kappa shape index (κ1) is 11.9. The number of hydrogen-bond acceptors (Lipinski definition) is 4. The molecule has 0 atom stereocenters. The summed E-state index contributed by atoms with van der Waals surface area (Å²) in [5.41, 5.74) is -0.262. The van der Waals surface area contributed by atoms with Crippen molar-refractivity contribution in [1.29, 1.82) is 0 Å². The lowest BCUT2D eigenvalue weighted by Crippen LogP contribution is -1.86. The molecule has 1 aromatic rings. The topological polar surface area (TPSA) is 101 Å². The van der Waals surface area contributed by atoms with Crippen molar-refractivity contribution in [3.05, 3.63) is 34.4 Å². The van der Waals surface area contributed by atoms with Crippen LogP contribution in [0.15, 0.2) is 24.3 Å². The normalized spacial score (nSPS) is 8.36. The molecule has 0 unspecified atom stereocenters. The number of phenols is 1. The van der Waals surface area contributed by atoms with E-state index in [1.54, 1.807) is 0 Å². The maximum atomic E-state index is 10.1. The van der Waals surface area contributed by atoms with Gasteiger partial charge in [0, 0.05) is 13.0 Å². The average molecular weight is 199 g/mol. The minimum Gasteiger partial charge on any atom is -0.502 e. The monoisotopic (exact) mass is 199 g/mol. The zero-order valence-electron chi connectivity index (χ0n) is 7.38. The number of nitro groups is 1. The molecular weight excluding hydrogens is 190 g/mol. The van der Waals surface area contributed by atoms with Crippen LogP contribution in [0.4, 0.5) is 5.69 Å². The molecule has 1 aromatic carbocycles. The Labute approximate surface area is 79.6 Å². The van der Waals surface area contributed by atoms with Crippen molar-refractivity contribution in [1.82, 2.24) is 0 Å². The smallest absolute Gasteiger partial charge is 0.310 e. The molecule has 6 heteroatoms. The van der Waals surface area contributed by atoms with Crippen LogP contribution in [0, 0.1) is 10.1 Å². The van der Waals surface area contributed by atoms with Crippen molar-refractivity contribution >= 4 is 11.7 Å². The number of benzene rings is 1. The van der Waals surface area contributed by atoms with Crippen LogP contribution in [0.2, 0.25) is 0 Å². The molecule has 2 N–H and O–H groups in total. The fraction of sp³-hybridized carbons (Fsp3) is 0.125. The van der Waals surface area contributed by atoms with Crippen LogP contribution in [0.1, 0.15) is 6.92 Å². The fourth-order valence-corrected chi connectivity index (χ4v) is 0.619. The van der Waals surface area contributed by atoms with E-state index in [9.17, 15) is 10.1 Å². The summed E-state index contributed by atoms with van der Waals surface area (Å²) in [5, 5.41) is 26.3. The number of rotatable bonds is 1. The maximum Gasteiger partial charge on any atom is 0.310 e. The third-order valence-electron chi connectivity index (χ3n) is 1.08. The van der Waals surface area contributed by atoms with Crippen molar-refractivity contribution in [2.24, 2.45) is 0 Å². The van der Waals surface area contributed by atoms with Gasteiger partial charge in [-0.15, -0.1) is 0 Å². The Kier molecular flexibility index (Phi) is 4.69. The molecule has 0 heterocycles. The average Bonchev–Trinajstić information content (AvgIpc) is 2.03. The Hall–Kier alpha value is -2.11. The lowest BCUT2D eigenvalue weighted by atomic mass is 10.3. The summed E-state index contributed by atoms with van der Waals surface area (Å²) in [6.07, 6.45) is 0. The molecule has 0 aliphatic rings. The molecule has 76 valence electrons. The Balaban J connectivity index is 0.000000364. The van der Waals surface area contributed by atoms with Crippen LogP contribution in [0.25, 0.3) is 0 Å². The lowest BCUT2D eigenvalue weighted by Gasteiger charge is -1.91. The lowest BCUT2D eigenvalue weighted by molar-refractivity contribution is -0.385. The summed E-state index contributed by atoms with van der Waals surface area (Å²) in [4.78, 5) is 18.4. The molecule has 0 saturated carbocycles. The minimum atomic E-state index is -0.833. The summed E-state index contributed by atoms with van der Waals surface area (Å²) < 4.78 is 0. The first-order chi connectivity index (χ1) is 6.45. The van der Waals surface area contributed by atoms with Crippen LogP contribution >= 0.6 is 0 Å². The largest absolute Gasteiger partial charge is 0.502 e. The molecule has 0 fully saturated rings. The highest BCUT2D eigenvalue weighted by Gasteiger charge is 2.09. The van der Waals surface area contributed by atoms with Gasteiger partial charge in [0.2, 0.25) is 0 Å². The van der Waals surface area contributed by atoms with Gasteiger partial charge in [0.15, 0.2) is 5.75 Å². The summed E-state index contributed by atoms with van der Waals surface area (Å²) in [5.74, 6) is -1.13. The van der Waals surface area contributed by atoms with E-state index < -0.39 is 10.9 Å². The highest BCUT2D eigenvalue weighted by Crippen LogP contribution is 2.23. The van der Waals surface area contributed by atoms with Gasteiger partial charge in [0.05, 0.1) is 4.92 Å². The highest BCUT2D eigenvalue weighted by molar-refractivity contribution is 5.62. The predicted molar refractivity (Wildman–Crippen MR) is 48.1 cm³/mol. The van der Waals surface area contributed by atoms with Gasteiger partial charge in [-0.3, -0.25) is 14.9 Å². The molecule has 6 nitrogen and oxygen atoms in total. The van der Waals surface area contributed by atoms with Gasteiger partial charge in [-0.05, 0) is 6.07 Å². The molecule has 0 aliphatic heterocycles. The number of carbonyl (C=O) groups is 1. The van der Waals surface area contributed by atoms with Crippen LogP contribution in [-0.2, 0) is 4.79 Å². The molecule has 0 spiro atoms. The molecule has 0 aliphatic carbocycles. The predicted octanol–water partition coefficient (Wildman–Crippen LogP) is 1.39. The number of carboxylic acids is 1. The Bertz CT molecular complexity index is 332. The van der Waals surface area contributed by atoms with E-state index in [1.165, 1.54) is 24.3 Å². The van der Waals surface area contributed by atoms with Crippen molar-refractivity contribution < 1.29 is 19.9 Å². The van der Waals surface area contributed by atoms with Gasteiger partial charge in [-0.1, -0.05) is 12.1 Å². The van der Waals surface area contributed by atoms with E-state index in [4.69, 9.17) is 15.0 Å². The van der Waals surface area contributed by atoms with Crippen molar-refractivity contribution in [2.75, 3.05) is 0 Å². The minimum absolute atomic E-state index is 0.262. The Morgan fingerprint density at radius 2 is 1.86 bits per heavy atom. The van der Waals surface area contributed by atoms with Crippen molar-refractivity contribution in [3.8, 4) is 5.75 Å². The van der Waals surface area contributed by atoms with Gasteiger partial charge >= 0.3 is 5.69 Å². The van der Waals surface area contributed by atoms with E-state index in [0.29, 0.717) is 0 Å². The summed E-state index contributed by atoms with van der Waals surface area (Å²) in [6.45, 7) is 1.08. The molecule has 0 saturated heterocycles. The number of carboxylic acid groups (broad SMARTS) is 1. The quantitative estimate of drug-likeness (QED) is 0.525. The number of aromatic hydroxyl groups is 1. The van der Waals surface area contributed by atoms with Crippen molar-refractivity contribution in [2.45, 2.75) is 6.92 Å². The van der Waals surface area contributed by atoms with Gasteiger partial charge in [0.25, 0.3) is 5.97 Å². The zero-order chi connectivity index (χ0) is 11.1. The maximum absolute atomic E-state index is 10.1. The second-order valence-electron chi connectivity index (χ2n) is 2.26. The molecule has 0 amide bonds. The van der Waals surface area contributed by atoms with Gasteiger partial charge in [-0.2, -0.15) is 0 Å². The van der Waals surface area contributed by atoms with Crippen molar-refractivity contribution in [3.63, 3.8) is 0 Å². The molecular formula is C8H9NO5. The summed E-state index contributed by atoms with van der Waals surface area (Å²) in [6, 6.07) is 5.55. The Morgan fingerprint density at radius 3 is 2.14 bits per heavy atom. The molecule has 0 aromatic heterocycles. The second-order valence-corrected chi connectivity index (χ2v) is 2.26. The standard InChI is InChI=1S/C6H5NO3.C2H4O2/c8-6-4-2-1-3-5(6)7(9)10;1-2(3)4/h1-4,8H;1H3,(H,3,4). The van der Waals surface area contributed by atoms with Gasteiger partial charge < -0.3 is 10.2 Å². The second kappa shape index (κ2) is 5.52. The van der Waals surface area contributed by atoms with Crippen LogP contribution in [0.5, 0.6) is 5.75 Å². The number of nitro benzene ring substituents is 1. The first-order valence-corrected chi connectivity index (χ1v) is 3.57. The molecule has 0 radical (unpaired) electrons. The number of phenolic OH excluding ortho intramolecular Hbond substituents is 1. The van der Waals surface area contributed by atoms with E-state index >= 15 is 0 Å². The number of aliphatic carboxylic acids is 1. The highest BCUT2D eigenvalue weighted by atomic mass is 16.6. The number of para-hydroxylation sites is 2. The molecule has 0 bridgehead atoms. The number of nitrogens with zero attached hydrogens (tertiary/aromatic N) is 1. The first-order valence-electron chi connectivity index (χ1n) is 3.57. The number of hydrogen-bond donors (Lipinski definition) is 2. The summed E-state index contributed by atoms with van der Waals surface area (Å²) in [7, 11) is 0. The third-order valence-corrected chi connectivity index (χ3v) is 1.08. The zero-order valence-corrected chi connectivity index (χ0v) is 7.38. The Morgan fingerprint density at radius 1 is 1.43 bits per heavy atom. The van der Waals surface area contributed by atoms with E-state index in [2.05, 4.69) is 0 Å². The van der Waals surface area contributed by atoms with E-state index in [-0.39, 0.29) is 11.4 Å². The molecule has 1 rings (SSSR count). The fourth-order valence-electron chi connectivity index (χ4n) is 0.619. The van der Waals surface area contributed by atoms with Gasteiger partial charge in [0.1, 0.15) is 0 Å². The van der Waals surface area contributed by atoms with Crippen LogP contribution in [0.3, 0.4) is 0 Å². The SMILES string of the molecule is CC(=O)O.O=[N+]([O-])c1ccccc1O. The van der Waals surface area contributed by atoms with Crippen LogP contribution < -0.4 is 0 Å².